The molecule has 0 spiro atoms. The standard InChI is InChI=1S/C58H38N2/c1-3-13-39(14-4-1)43-29-35-53-51-17-7-9-23-55(51)59(57(53)37-43)45-31-25-41(26-32-45)47-19-11-22-50-48(20-12-21-49(47)50)42-27-33-46(34-28-42)60-56-24-10-8-18-52(56)54-36-30-44(38-58(54)60)40-15-5-2-6-16-40/h1-38H. The van der Waals surface area contributed by atoms with Crippen LogP contribution >= 0.6 is 0 Å². The lowest BCUT2D eigenvalue weighted by molar-refractivity contribution is 1.18. The molecule has 0 aliphatic rings. The molecule has 0 fully saturated rings. The summed E-state index contributed by atoms with van der Waals surface area (Å²) in [4.78, 5) is 0. The van der Waals surface area contributed by atoms with Gasteiger partial charge in [0.2, 0.25) is 0 Å². The molecular weight excluding hydrogens is 725 g/mol. The third-order valence-corrected chi connectivity index (χ3v) is 12.4. The Morgan fingerprint density at radius 2 is 0.550 bits per heavy atom. The van der Waals surface area contributed by atoms with Crippen molar-refractivity contribution in [2.24, 2.45) is 0 Å². The fraction of sp³-hybridized carbons (Fsp3) is 0. The Balaban J connectivity index is 0.920. The Morgan fingerprint density at radius 3 is 0.983 bits per heavy atom. The highest BCUT2D eigenvalue weighted by molar-refractivity contribution is 6.12. The van der Waals surface area contributed by atoms with E-state index in [0.29, 0.717) is 0 Å². The van der Waals surface area contributed by atoms with Gasteiger partial charge in [-0.3, -0.25) is 0 Å². The third kappa shape index (κ3) is 5.50. The molecule has 2 aromatic heterocycles. The zero-order valence-electron chi connectivity index (χ0n) is 32.8. The first-order valence-electron chi connectivity index (χ1n) is 20.7. The summed E-state index contributed by atoms with van der Waals surface area (Å²) in [5.74, 6) is 0. The van der Waals surface area contributed by atoms with Crippen molar-refractivity contribution in [2.75, 3.05) is 0 Å². The molecule has 12 aromatic rings. The Kier molecular flexibility index (Phi) is 7.89. The van der Waals surface area contributed by atoms with E-state index in [1.807, 2.05) is 0 Å². The molecule has 60 heavy (non-hydrogen) atoms. The van der Waals surface area contributed by atoms with Crippen molar-refractivity contribution in [1.82, 2.24) is 9.13 Å². The van der Waals surface area contributed by atoms with Gasteiger partial charge in [-0.05, 0) is 104 Å². The predicted molar refractivity (Wildman–Crippen MR) is 254 cm³/mol. The first-order chi connectivity index (χ1) is 29.8. The summed E-state index contributed by atoms with van der Waals surface area (Å²) in [6, 6.07) is 84.1. The SMILES string of the molecule is c1ccc(-c2ccc3c4ccccc4n(-c4ccc(-c5cccc6c(-c7ccc(-n8c9ccccc9c9ccc(-c%10ccccc%10)cc98)cc7)cccc56)cc4)c3c2)cc1. The van der Waals surface area contributed by atoms with Crippen LogP contribution in [0.4, 0.5) is 0 Å². The molecular formula is C58H38N2. The number of benzene rings is 10. The fourth-order valence-electron chi connectivity index (χ4n) is 9.51. The average molecular weight is 763 g/mol. The van der Waals surface area contributed by atoms with Gasteiger partial charge in [0.25, 0.3) is 0 Å². The van der Waals surface area contributed by atoms with Crippen LogP contribution in [0.1, 0.15) is 0 Å². The Morgan fingerprint density at radius 1 is 0.200 bits per heavy atom. The van der Waals surface area contributed by atoms with Crippen LogP contribution < -0.4 is 0 Å². The van der Waals surface area contributed by atoms with Crippen LogP contribution in [-0.4, -0.2) is 9.13 Å². The molecule has 2 heterocycles. The van der Waals surface area contributed by atoms with E-state index in [9.17, 15) is 0 Å². The minimum atomic E-state index is 1.15. The van der Waals surface area contributed by atoms with Crippen LogP contribution in [0, 0.1) is 0 Å². The topological polar surface area (TPSA) is 9.86 Å². The zero-order chi connectivity index (χ0) is 39.6. The van der Waals surface area contributed by atoms with Crippen molar-refractivity contribution in [3.8, 4) is 55.9 Å². The number of aromatic nitrogens is 2. The highest BCUT2D eigenvalue weighted by Gasteiger charge is 2.16. The van der Waals surface area contributed by atoms with E-state index < -0.39 is 0 Å². The fourth-order valence-corrected chi connectivity index (χ4v) is 9.51. The van der Waals surface area contributed by atoms with Gasteiger partial charge >= 0.3 is 0 Å². The molecule has 280 valence electrons. The Labute approximate surface area is 348 Å². The maximum atomic E-state index is 2.41. The van der Waals surface area contributed by atoms with E-state index in [4.69, 9.17) is 0 Å². The summed E-state index contributed by atoms with van der Waals surface area (Å²) in [6.45, 7) is 0. The van der Waals surface area contributed by atoms with E-state index in [-0.39, 0.29) is 0 Å². The van der Waals surface area contributed by atoms with Crippen LogP contribution in [0.15, 0.2) is 231 Å². The maximum absolute atomic E-state index is 2.41. The van der Waals surface area contributed by atoms with Gasteiger partial charge in [-0.25, -0.2) is 0 Å². The monoisotopic (exact) mass is 762 g/mol. The second-order valence-electron chi connectivity index (χ2n) is 15.7. The predicted octanol–water partition coefficient (Wildman–Crippen LogP) is 15.7. The molecule has 0 atom stereocenters. The molecule has 0 bridgehead atoms. The Bertz CT molecular complexity index is 3310. The van der Waals surface area contributed by atoms with Crippen LogP contribution in [0.2, 0.25) is 0 Å². The van der Waals surface area contributed by atoms with Gasteiger partial charge in [0, 0.05) is 32.9 Å². The molecule has 0 aliphatic carbocycles. The van der Waals surface area contributed by atoms with Crippen molar-refractivity contribution in [2.45, 2.75) is 0 Å². The quantitative estimate of drug-likeness (QED) is 0.160. The normalized spacial score (nSPS) is 11.7. The van der Waals surface area contributed by atoms with E-state index in [0.717, 1.165) is 11.4 Å². The average Bonchev–Trinajstić information content (AvgIpc) is 3.84. The van der Waals surface area contributed by atoms with E-state index in [1.165, 1.54) is 98.9 Å². The molecule has 10 aromatic carbocycles. The van der Waals surface area contributed by atoms with Crippen molar-refractivity contribution < 1.29 is 0 Å². The minimum absolute atomic E-state index is 1.15. The summed E-state index contributed by atoms with van der Waals surface area (Å²) in [5.41, 5.74) is 16.9. The number of fused-ring (bicyclic) bond motifs is 7. The smallest absolute Gasteiger partial charge is 0.0547 e. The van der Waals surface area contributed by atoms with Crippen molar-refractivity contribution in [1.29, 1.82) is 0 Å². The third-order valence-electron chi connectivity index (χ3n) is 12.4. The van der Waals surface area contributed by atoms with Gasteiger partial charge < -0.3 is 9.13 Å². The maximum Gasteiger partial charge on any atom is 0.0547 e. The molecule has 0 saturated heterocycles. The summed E-state index contributed by atoms with van der Waals surface area (Å²) in [7, 11) is 0. The summed E-state index contributed by atoms with van der Waals surface area (Å²) < 4.78 is 4.82. The van der Waals surface area contributed by atoms with Crippen LogP contribution in [0.5, 0.6) is 0 Å². The summed E-state index contributed by atoms with van der Waals surface area (Å²) in [5, 5.41) is 7.53. The first-order valence-corrected chi connectivity index (χ1v) is 20.7. The highest BCUT2D eigenvalue weighted by Crippen LogP contribution is 2.39. The number of hydrogen-bond donors (Lipinski definition) is 0. The van der Waals surface area contributed by atoms with E-state index >= 15 is 0 Å². The van der Waals surface area contributed by atoms with E-state index in [1.54, 1.807) is 0 Å². The zero-order valence-corrected chi connectivity index (χ0v) is 32.8. The molecule has 0 saturated carbocycles. The van der Waals surface area contributed by atoms with Gasteiger partial charge in [0.15, 0.2) is 0 Å². The largest absolute Gasteiger partial charge is 0.309 e. The van der Waals surface area contributed by atoms with Gasteiger partial charge in [0.05, 0.1) is 22.1 Å². The van der Waals surface area contributed by atoms with Crippen LogP contribution in [0.25, 0.3) is 110 Å². The first kappa shape index (κ1) is 34.1. The highest BCUT2D eigenvalue weighted by atomic mass is 15.0. The molecule has 0 unspecified atom stereocenters. The molecule has 0 amide bonds. The lowest BCUT2D eigenvalue weighted by Crippen LogP contribution is -1.94. The lowest BCUT2D eigenvalue weighted by Gasteiger charge is -2.14. The molecule has 0 N–H and O–H groups in total. The van der Waals surface area contributed by atoms with Crippen LogP contribution in [0.3, 0.4) is 0 Å². The van der Waals surface area contributed by atoms with Crippen molar-refractivity contribution in [3.05, 3.63) is 231 Å². The van der Waals surface area contributed by atoms with E-state index in [2.05, 4.69) is 240 Å². The van der Waals surface area contributed by atoms with Gasteiger partial charge in [0.1, 0.15) is 0 Å². The molecule has 2 nitrogen and oxygen atoms in total. The molecule has 0 aliphatic heterocycles. The molecule has 0 radical (unpaired) electrons. The minimum Gasteiger partial charge on any atom is -0.309 e. The number of para-hydroxylation sites is 2. The number of hydrogen-bond acceptors (Lipinski definition) is 0. The molecule has 2 heteroatoms. The van der Waals surface area contributed by atoms with Crippen molar-refractivity contribution in [3.63, 3.8) is 0 Å². The number of nitrogens with zero attached hydrogens (tertiary/aromatic N) is 2. The lowest BCUT2D eigenvalue weighted by atomic mass is 9.93. The Hall–Kier alpha value is -7.94. The number of rotatable bonds is 6. The summed E-state index contributed by atoms with van der Waals surface area (Å²) in [6.07, 6.45) is 0. The second-order valence-corrected chi connectivity index (χ2v) is 15.7. The molecule has 12 rings (SSSR count). The van der Waals surface area contributed by atoms with Crippen molar-refractivity contribution >= 4 is 54.4 Å². The second kappa shape index (κ2) is 13.9. The van der Waals surface area contributed by atoms with Gasteiger partial charge in [-0.1, -0.05) is 182 Å². The summed E-state index contributed by atoms with van der Waals surface area (Å²) >= 11 is 0. The van der Waals surface area contributed by atoms with Gasteiger partial charge in [-0.15, -0.1) is 0 Å². The van der Waals surface area contributed by atoms with Crippen LogP contribution in [-0.2, 0) is 0 Å². The van der Waals surface area contributed by atoms with Gasteiger partial charge in [-0.2, -0.15) is 0 Å².